The molecule has 0 spiro atoms. The highest BCUT2D eigenvalue weighted by molar-refractivity contribution is 7.09. The summed E-state index contributed by atoms with van der Waals surface area (Å²) < 4.78 is 0. The van der Waals surface area contributed by atoms with Crippen LogP contribution in [-0.4, -0.2) is 16.5 Å². The summed E-state index contributed by atoms with van der Waals surface area (Å²) in [6.07, 6.45) is 4.73. The van der Waals surface area contributed by atoms with Crippen LogP contribution in [0.2, 0.25) is 0 Å². The summed E-state index contributed by atoms with van der Waals surface area (Å²) in [7, 11) is 0. The van der Waals surface area contributed by atoms with Crippen molar-refractivity contribution >= 4 is 22.1 Å². The third kappa shape index (κ3) is 3.21. The normalized spacial score (nSPS) is 11.1. The minimum atomic E-state index is 0.891. The molecule has 0 saturated heterocycles. The molecule has 0 atom stereocenters. The molecule has 2 heterocycles. The van der Waals surface area contributed by atoms with Crippen molar-refractivity contribution < 1.29 is 0 Å². The topological polar surface area (TPSA) is 37.8 Å². The number of rotatable bonds is 5. The molecule has 3 rings (SSSR count). The molecular weight excluding hydrogens is 266 g/mol. The number of nitrogens with one attached hydrogen (secondary N) is 1. The van der Waals surface area contributed by atoms with Crippen molar-refractivity contribution in [3.05, 3.63) is 58.3 Å². The van der Waals surface area contributed by atoms with Crippen molar-refractivity contribution in [2.75, 3.05) is 6.54 Å². The maximum atomic E-state index is 4.47. The van der Waals surface area contributed by atoms with Gasteiger partial charge in [-0.2, -0.15) is 0 Å². The number of fused-ring (bicyclic) bond motifs is 1. The Morgan fingerprint density at radius 1 is 1.20 bits per heavy atom. The predicted octanol–water partition coefficient (Wildman–Crippen LogP) is 3.33. The zero-order chi connectivity index (χ0) is 13.8. The monoisotopic (exact) mass is 283 g/mol. The molecule has 4 heteroatoms. The lowest BCUT2D eigenvalue weighted by atomic mass is 10.1. The van der Waals surface area contributed by atoms with E-state index in [1.807, 2.05) is 19.3 Å². The molecule has 3 nitrogen and oxygen atoms in total. The number of aromatic nitrogens is 2. The van der Waals surface area contributed by atoms with E-state index in [-0.39, 0.29) is 0 Å². The fourth-order valence-electron chi connectivity index (χ4n) is 2.19. The van der Waals surface area contributed by atoms with Crippen LogP contribution in [0.3, 0.4) is 0 Å². The van der Waals surface area contributed by atoms with Gasteiger partial charge >= 0.3 is 0 Å². The minimum Gasteiger partial charge on any atom is -0.312 e. The lowest BCUT2D eigenvalue weighted by molar-refractivity contribution is 0.685. The van der Waals surface area contributed by atoms with Gasteiger partial charge in [-0.25, -0.2) is 4.98 Å². The lowest BCUT2D eigenvalue weighted by Crippen LogP contribution is -2.16. The molecule has 0 unspecified atom stereocenters. The zero-order valence-corrected chi connectivity index (χ0v) is 12.3. The van der Waals surface area contributed by atoms with Crippen LogP contribution in [0.5, 0.6) is 0 Å². The fourth-order valence-corrected chi connectivity index (χ4v) is 2.96. The SMILES string of the molecule is Cc1csc(CCNCc2ccc3cnccc3c2)n1. The maximum absolute atomic E-state index is 4.47. The lowest BCUT2D eigenvalue weighted by Gasteiger charge is -2.05. The van der Waals surface area contributed by atoms with Crippen LogP contribution in [0, 0.1) is 6.92 Å². The van der Waals surface area contributed by atoms with Gasteiger partial charge in [-0.3, -0.25) is 4.98 Å². The molecule has 0 fully saturated rings. The van der Waals surface area contributed by atoms with Gasteiger partial charge in [-0.05, 0) is 30.0 Å². The first kappa shape index (κ1) is 13.2. The molecule has 2 aromatic heterocycles. The quantitative estimate of drug-likeness (QED) is 0.730. The highest BCUT2D eigenvalue weighted by atomic mass is 32.1. The van der Waals surface area contributed by atoms with E-state index < -0.39 is 0 Å². The van der Waals surface area contributed by atoms with Gasteiger partial charge in [-0.1, -0.05) is 12.1 Å². The third-order valence-corrected chi connectivity index (χ3v) is 4.24. The van der Waals surface area contributed by atoms with E-state index in [0.717, 1.165) is 25.2 Å². The van der Waals surface area contributed by atoms with Crippen LogP contribution >= 0.6 is 11.3 Å². The first-order valence-electron chi connectivity index (χ1n) is 6.76. The summed E-state index contributed by atoms with van der Waals surface area (Å²) in [5.41, 5.74) is 2.42. The van der Waals surface area contributed by atoms with Gasteiger partial charge < -0.3 is 5.32 Å². The van der Waals surface area contributed by atoms with Gasteiger partial charge in [0.1, 0.15) is 0 Å². The number of thiazole rings is 1. The number of aryl methyl sites for hydroxylation is 1. The Kier molecular flexibility index (Phi) is 4.04. The average molecular weight is 283 g/mol. The molecule has 0 radical (unpaired) electrons. The highest BCUT2D eigenvalue weighted by Gasteiger charge is 1.99. The van der Waals surface area contributed by atoms with Crippen LogP contribution in [-0.2, 0) is 13.0 Å². The molecule has 1 N–H and O–H groups in total. The standard InChI is InChI=1S/C16H17N3S/c1-12-11-20-16(19-12)5-7-17-9-13-2-3-15-10-18-6-4-14(15)8-13/h2-4,6,8,10-11,17H,5,7,9H2,1H3. The Morgan fingerprint density at radius 2 is 2.15 bits per heavy atom. The van der Waals surface area contributed by atoms with Gasteiger partial charge in [0.2, 0.25) is 0 Å². The number of benzene rings is 1. The number of nitrogens with zero attached hydrogens (tertiary/aromatic N) is 2. The number of hydrogen-bond donors (Lipinski definition) is 1. The van der Waals surface area contributed by atoms with E-state index in [4.69, 9.17) is 0 Å². The first-order chi connectivity index (χ1) is 9.81. The summed E-state index contributed by atoms with van der Waals surface area (Å²) in [4.78, 5) is 8.60. The van der Waals surface area contributed by atoms with Crippen molar-refractivity contribution in [2.45, 2.75) is 19.9 Å². The Balaban J connectivity index is 1.54. The van der Waals surface area contributed by atoms with Crippen LogP contribution in [0.25, 0.3) is 10.8 Å². The van der Waals surface area contributed by atoms with E-state index in [9.17, 15) is 0 Å². The minimum absolute atomic E-state index is 0.891. The van der Waals surface area contributed by atoms with Gasteiger partial charge in [-0.15, -0.1) is 11.3 Å². The summed E-state index contributed by atoms with van der Waals surface area (Å²) in [6, 6.07) is 8.56. The molecule has 20 heavy (non-hydrogen) atoms. The van der Waals surface area contributed by atoms with Crippen LogP contribution in [0.15, 0.2) is 42.0 Å². The van der Waals surface area contributed by atoms with Crippen molar-refractivity contribution in [1.29, 1.82) is 0 Å². The van der Waals surface area contributed by atoms with E-state index in [0.29, 0.717) is 0 Å². The Hall–Kier alpha value is -1.78. The van der Waals surface area contributed by atoms with Crippen molar-refractivity contribution in [3.8, 4) is 0 Å². The average Bonchev–Trinajstić information content (AvgIpc) is 2.89. The second-order valence-electron chi connectivity index (χ2n) is 4.87. The Morgan fingerprint density at radius 3 is 3.00 bits per heavy atom. The molecule has 0 saturated carbocycles. The largest absolute Gasteiger partial charge is 0.312 e. The summed E-state index contributed by atoms with van der Waals surface area (Å²) in [5, 5.41) is 9.22. The smallest absolute Gasteiger partial charge is 0.0940 e. The molecule has 102 valence electrons. The predicted molar refractivity (Wildman–Crippen MR) is 84.0 cm³/mol. The Bertz CT molecular complexity index is 706. The summed E-state index contributed by atoms with van der Waals surface area (Å²) >= 11 is 1.74. The van der Waals surface area contributed by atoms with Crippen molar-refractivity contribution in [3.63, 3.8) is 0 Å². The van der Waals surface area contributed by atoms with Crippen LogP contribution < -0.4 is 5.32 Å². The molecule has 0 bridgehead atoms. The summed E-state index contributed by atoms with van der Waals surface area (Å²) in [6.45, 7) is 3.89. The van der Waals surface area contributed by atoms with Gasteiger partial charge in [0.25, 0.3) is 0 Å². The van der Waals surface area contributed by atoms with Gasteiger partial charge in [0, 0.05) is 48.4 Å². The molecule has 0 aliphatic carbocycles. The van der Waals surface area contributed by atoms with Gasteiger partial charge in [0.05, 0.1) is 5.01 Å². The molecule has 1 aromatic carbocycles. The molecule has 0 aliphatic heterocycles. The second kappa shape index (κ2) is 6.11. The molecule has 0 amide bonds. The first-order valence-corrected chi connectivity index (χ1v) is 7.63. The molecular formula is C16H17N3S. The van der Waals surface area contributed by atoms with E-state index in [1.165, 1.54) is 21.3 Å². The highest BCUT2D eigenvalue weighted by Crippen LogP contribution is 2.14. The maximum Gasteiger partial charge on any atom is 0.0940 e. The fraction of sp³-hybridized carbons (Fsp3) is 0.250. The van der Waals surface area contributed by atoms with Gasteiger partial charge in [0.15, 0.2) is 0 Å². The number of hydrogen-bond acceptors (Lipinski definition) is 4. The van der Waals surface area contributed by atoms with Crippen LogP contribution in [0.4, 0.5) is 0 Å². The molecule has 3 aromatic rings. The van der Waals surface area contributed by atoms with Crippen molar-refractivity contribution in [1.82, 2.24) is 15.3 Å². The second-order valence-corrected chi connectivity index (χ2v) is 5.81. The Labute approximate surface area is 122 Å². The van der Waals surface area contributed by atoms with Crippen molar-refractivity contribution in [2.24, 2.45) is 0 Å². The van der Waals surface area contributed by atoms with E-state index in [2.05, 4.69) is 44.9 Å². The van der Waals surface area contributed by atoms with Crippen LogP contribution in [0.1, 0.15) is 16.3 Å². The zero-order valence-electron chi connectivity index (χ0n) is 11.5. The number of pyridine rings is 1. The van der Waals surface area contributed by atoms with E-state index >= 15 is 0 Å². The summed E-state index contributed by atoms with van der Waals surface area (Å²) in [5.74, 6) is 0. The molecule has 0 aliphatic rings. The third-order valence-electron chi connectivity index (χ3n) is 3.22. The van der Waals surface area contributed by atoms with E-state index in [1.54, 1.807) is 11.3 Å².